The number of aryl methyl sites for hydroxylation is 1. The first kappa shape index (κ1) is 21.2. The normalized spacial score (nSPS) is 22.8. The van der Waals surface area contributed by atoms with Crippen molar-refractivity contribution < 1.29 is 13.2 Å². The van der Waals surface area contributed by atoms with Gasteiger partial charge in [-0.2, -0.15) is 13.2 Å². The van der Waals surface area contributed by atoms with Crippen LogP contribution in [0.3, 0.4) is 0 Å². The van der Waals surface area contributed by atoms with Crippen molar-refractivity contribution in [3.8, 4) is 5.69 Å². The Bertz CT molecular complexity index is 1470. The first-order chi connectivity index (χ1) is 16.2. The van der Waals surface area contributed by atoms with E-state index in [2.05, 4.69) is 22.1 Å². The molecule has 0 unspecified atom stereocenters. The fourth-order valence-corrected chi connectivity index (χ4v) is 5.74. The van der Waals surface area contributed by atoms with Crippen LogP contribution >= 0.6 is 0 Å². The molecule has 1 aromatic carbocycles. The van der Waals surface area contributed by atoms with Gasteiger partial charge in [-0.1, -0.05) is 19.1 Å². The predicted molar refractivity (Wildman–Crippen MR) is 121 cm³/mol. The second-order valence-electron chi connectivity index (χ2n) is 9.90. The van der Waals surface area contributed by atoms with Crippen LogP contribution in [0.1, 0.15) is 61.0 Å². The van der Waals surface area contributed by atoms with Crippen molar-refractivity contribution in [1.29, 1.82) is 0 Å². The van der Waals surface area contributed by atoms with Crippen LogP contribution in [-0.4, -0.2) is 24.3 Å². The molecule has 2 fully saturated rings. The van der Waals surface area contributed by atoms with E-state index < -0.39 is 17.3 Å². The zero-order valence-corrected chi connectivity index (χ0v) is 18.9. The molecule has 0 radical (unpaired) electrons. The minimum atomic E-state index is -4.52. The number of rotatable bonds is 4. The molecule has 0 amide bonds. The average molecular weight is 467 g/mol. The van der Waals surface area contributed by atoms with Crippen LogP contribution < -0.4 is 5.56 Å². The van der Waals surface area contributed by atoms with Crippen molar-refractivity contribution in [3.63, 3.8) is 0 Å². The maximum atomic E-state index is 13.7. The number of aromatic amines is 1. The van der Waals surface area contributed by atoms with Crippen LogP contribution in [0, 0.1) is 5.92 Å². The van der Waals surface area contributed by atoms with Gasteiger partial charge in [0.05, 0.1) is 11.0 Å². The molecule has 0 atom stereocenters. The van der Waals surface area contributed by atoms with Gasteiger partial charge in [-0.05, 0) is 60.8 Å². The summed E-state index contributed by atoms with van der Waals surface area (Å²) in [7, 11) is 1.92. The molecule has 3 aromatic heterocycles. The Morgan fingerprint density at radius 3 is 2.59 bits per heavy atom. The molecule has 0 bridgehead atoms. The maximum absolute atomic E-state index is 13.7. The molecule has 34 heavy (non-hydrogen) atoms. The molecule has 0 saturated heterocycles. The Kier molecular flexibility index (Phi) is 4.41. The first-order valence-electron chi connectivity index (χ1n) is 11.5. The Labute approximate surface area is 193 Å². The lowest BCUT2D eigenvalue weighted by atomic mass is 9.58. The van der Waals surface area contributed by atoms with Gasteiger partial charge in [0.2, 0.25) is 0 Å². The van der Waals surface area contributed by atoms with E-state index in [1.807, 2.05) is 35.9 Å². The SMILES string of the molecule is Cn1cnnc1[C@]1(c2cccc(-n3cc(C4CC4)c4c(C(F)(F)F)c[nH]c4c3=O)c2)C[C@H](C)C1. The Balaban J connectivity index is 1.53. The van der Waals surface area contributed by atoms with Gasteiger partial charge in [-0.25, -0.2) is 0 Å². The summed E-state index contributed by atoms with van der Waals surface area (Å²) in [6.45, 7) is 2.20. The molecule has 9 heteroatoms. The van der Waals surface area contributed by atoms with E-state index in [9.17, 15) is 18.0 Å². The zero-order valence-electron chi connectivity index (χ0n) is 18.9. The Morgan fingerprint density at radius 1 is 1.21 bits per heavy atom. The number of hydrogen-bond donors (Lipinski definition) is 1. The fraction of sp³-hybridized carbons (Fsp3) is 0.400. The summed E-state index contributed by atoms with van der Waals surface area (Å²) >= 11 is 0. The van der Waals surface area contributed by atoms with Gasteiger partial charge in [0.15, 0.2) is 0 Å². The van der Waals surface area contributed by atoms with E-state index in [1.54, 1.807) is 12.5 Å². The molecule has 2 aliphatic carbocycles. The third kappa shape index (κ3) is 3.05. The minimum Gasteiger partial charge on any atom is -0.356 e. The molecule has 6 nitrogen and oxygen atoms in total. The van der Waals surface area contributed by atoms with Gasteiger partial charge >= 0.3 is 6.18 Å². The van der Waals surface area contributed by atoms with Crippen molar-refractivity contribution in [1.82, 2.24) is 24.3 Å². The van der Waals surface area contributed by atoms with Crippen molar-refractivity contribution in [2.45, 2.75) is 50.1 Å². The number of pyridine rings is 1. The van der Waals surface area contributed by atoms with Gasteiger partial charge in [0.25, 0.3) is 5.56 Å². The van der Waals surface area contributed by atoms with E-state index in [0.29, 0.717) is 17.2 Å². The number of fused-ring (bicyclic) bond motifs is 1. The molecule has 3 heterocycles. The summed E-state index contributed by atoms with van der Waals surface area (Å²) in [5.74, 6) is 1.44. The summed E-state index contributed by atoms with van der Waals surface area (Å²) in [4.78, 5) is 16.0. The maximum Gasteiger partial charge on any atom is 0.418 e. The van der Waals surface area contributed by atoms with Crippen molar-refractivity contribution in [2.24, 2.45) is 13.0 Å². The third-order valence-corrected chi connectivity index (χ3v) is 7.40. The summed E-state index contributed by atoms with van der Waals surface area (Å²) in [5.41, 5.74) is 0.686. The minimum absolute atomic E-state index is 0.00223. The predicted octanol–water partition coefficient (Wildman–Crippen LogP) is 5.06. The van der Waals surface area contributed by atoms with Crippen molar-refractivity contribution >= 4 is 10.9 Å². The lowest BCUT2D eigenvalue weighted by Crippen LogP contribution is -2.43. The highest BCUT2D eigenvalue weighted by Crippen LogP contribution is 2.52. The van der Waals surface area contributed by atoms with Crippen LogP contribution in [0.15, 0.2) is 47.8 Å². The first-order valence-corrected chi connectivity index (χ1v) is 11.5. The van der Waals surface area contributed by atoms with Crippen LogP contribution in [0.2, 0.25) is 0 Å². The number of alkyl halides is 3. The standard InChI is InChI=1S/C25H24F3N5O/c1-14-9-24(10-14,23-31-30-13-32(23)2)16-4-3-5-17(8-16)33-12-18(15-6-7-15)20-19(25(26,27)28)11-29-21(20)22(33)34/h3-5,8,11-15,29H,6-7,9-10H2,1-2H3/t14-,24+. The molecule has 1 N–H and O–H groups in total. The van der Waals surface area contributed by atoms with Crippen LogP contribution in [0.4, 0.5) is 13.2 Å². The summed E-state index contributed by atoms with van der Waals surface area (Å²) in [5, 5.41) is 8.47. The zero-order chi connectivity index (χ0) is 23.8. The van der Waals surface area contributed by atoms with E-state index in [0.717, 1.165) is 43.3 Å². The summed E-state index contributed by atoms with van der Waals surface area (Å²) in [6.07, 6.45) is 3.16. The van der Waals surface area contributed by atoms with Gasteiger partial charge in [0, 0.05) is 30.5 Å². The topological polar surface area (TPSA) is 68.5 Å². The van der Waals surface area contributed by atoms with Crippen molar-refractivity contribution in [2.75, 3.05) is 0 Å². The molecule has 0 aliphatic heterocycles. The highest BCUT2D eigenvalue weighted by atomic mass is 19.4. The monoisotopic (exact) mass is 467 g/mol. The van der Waals surface area contributed by atoms with Gasteiger partial charge in [-0.3, -0.25) is 9.36 Å². The molecule has 2 saturated carbocycles. The highest BCUT2D eigenvalue weighted by Gasteiger charge is 2.48. The number of nitrogens with one attached hydrogen (secondary N) is 1. The molecular formula is C25H24F3N5O. The molecule has 6 rings (SSSR count). The van der Waals surface area contributed by atoms with Crippen LogP contribution in [0.5, 0.6) is 0 Å². The molecular weight excluding hydrogens is 443 g/mol. The second-order valence-corrected chi connectivity index (χ2v) is 9.90. The smallest absolute Gasteiger partial charge is 0.356 e. The summed E-state index contributed by atoms with van der Waals surface area (Å²) in [6, 6.07) is 7.73. The second kappa shape index (κ2) is 7.07. The number of H-pyrrole nitrogens is 1. The lowest BCUT2D eigenvalue weighted by molar-refractivity contribution is -0.136. The Morgan fingerprint density at radius 2 is 1.97 bits per heavy atom. The van der Waals surface area contributed by atoms with Gasteiger partial charge in [0.1, 0.15) is 17.7 Å². The quantitative estimate of drug-likeness (QED) is 0.456. The van der Waals surface area contributed by atoms with Gasteiger partial charge < -0.3 is 9.55 Å². The van der Waals surface area contributed by atoms with E-state index >= 15 is 0 Å². The van der Waals surface area contributed by atoms with Crippen LogP contribution in [-0.2, 0) is 18.6 Å². The number of hydrogen-bond acceptors (Lipinski definition) is 3. The molecule has 4 aromatic rings. The average Bonchev–Trinajstić information content (AvgIpc) is 3.35. The highest BCUT2D eigenvalue weighted by molar-refractivity contribution is 5.87. The molecule has 176 valence electrons. The van der Waals surface area contributed by atoms with E-state index in [4.69, 9.17) is 0 Å². The number of aromatic nitrogens is 5. The number of benzene rings is 1. The molecule has 2 aliphatic rings. The van der Waals surface area contributed by atoms with Gasteiger partial charge in [-0.15, -0.1) is 10.2 Å². The van der Waals surface area contributed by atoms with E-state index in [1.165, 1.54) is 4.57 Å². The lowest BCUT2D eigenvalue weighted by Gasteiger charge is -2.46. The third-order valence-electron chi connectivity index (χ3n) is 7.40. The number of halogens is 3. The van der Waals surface area contributed by atoms with Crippen molar-refractivity contribution in [3.05, 3.63) is 75.9 Å². The van der Waals surface area contributed by atoms with E-state index in [-0.39, 0.29) is 22.2 Å². The summed E-state index contributed by atoms with van der Waals surface area (Å²) < 4.78 is 44.4. The molecule has 0 spiro atoms. The Hall–Kier alpha value is -3.36. The fourth-order valence-electron chi connectivity index (χ4n) is 5.74. The van der Waals surface area contributed by atoms with Crippen LogP contribution in [0.25, 0.3) is 16.6 Å². The largest absolute Gasteiger partial charge is 0.418 e. The number of nitrogens with zero attached hydrogens (tertiary/aromatic N) is 4.